The number of fused-ring (bicyclic) bond motifs is 1. The van der Waals surface area contributed by atoms with Gasteiger partial charge in [-0.25, -0.2) is 13.1 Å². The summed E-state index contributed by atoms with van der Waals surface area (Å²) >= 11 is 0. The molecule has 1 aliphatic carbocycles. The zero-order chi connectivity index (χ0) is 18.4. The molecule has 1 heterocycles. The second-order valence-electron chi connectivity index (χ2n) is 5.81. The number of amides is 1. The van der Waals surface area contributed by atoms with E-state index in [4.69, 9.17) is 0 Å². The molecule has 25 heavy (non-hydrogen) atoms. The number of nitrogens with one attached hydrogen (secondary N) is 1. The Labute approximate surface area is 142 Å². The van der Waals surface area contributed by atoms with E-state index in [1.165, 1.54) is 30.2 Å². The number of hydrogen-bond donors (Lipinski definition) is 1. The first-order valence-corrected chi connectivity index (χ1v) is 8.96. The first kappa shape index (κ1) is 17.7. The smallest absolute Gasteiger partial charge is 0.285 e. The Morgan fingerprint density at radius 2 is 1.76 bits per heavy atom. The van der Waals surface area contributed by atoms with Crippen molar-refractivity contribution < 1.29 is 26.4 Å². The number of anilines is 1. The maximum absolute atomic E-state index is 12.7. The number of halogens is 3. The lowest BCUT2D eigenvalue weighted by Gasteiger charge is -2.24. The minimum absolute atomic E-state index is 0.115. The summed E-state index contributed by atoms with van der Waals surface area (Å²) < 4.78 is 64.0. The molecule has 1 N–H and O–H groups in total. The van der Waals surface area contributed by atoms with E-state index in [1.54, 1.807) is 6.08 Å². The molecule has 1 aliphatic heterocycles. The number of hydrogen-bond acceptors (Lipinski definition) is 3. The Bertz CT molecular complexity index is 871. The zero-order valence-corrected chi connectivity index (χ0v) is 14.0. The SMILES string of the molecule is CNS(=O)(=O)C1=CC=C2C(CC(=O)N2c2ccc(C(F)(F)F)cc2)C1. The van der Waals surface area contributed by atoms with E-state index in [2.05, 4.69) is 4.72 Å². The Morgan fingerprint density at radius 3 is 2.32 bits per heavy atom. The molecule has 1 atom stereocenters. The number of carbonyl (C=O) groups is 1. The number of alkyl halides is 3. The van der Waals surface area contributed by atoms with Crippen molar-refractivity contribution in [3.63, 3.8) is 0 Å². The molecule has 134 valence electrons. The Hall–Kier alpha value is -2.13. The van der Waals surface area contributed by atoms with Gasteiger partial charge in [-0.1, -0.05) is 0 Å². The molecule has 1 aromatic rings. The maximum atomic E-state index is 12.7. The van der Waals surface area contributed by atoms with E-state index in [1.807, 2.05) is 0 Å². The first-order valence-electron chi connectivity index (χ1n) is 7.48. The highest BCUT2D eigenvalue weighted by atomic mass is 32.2. The lowest BCUT2D eigenvalue weighted by atomic mass is 9.96. The third kappa shape index (κ3) is 3.21. The largest absolute Gasteiger partial charge is 0.416 e. The Balaban J connectivity index is 1.94. The van der Waals surface area contributed by atoms with Gasteiger partial charge in [0, 0.05) is 23.7 Å². The van der Waals surface area contributed by atoms with E-state index in [0.717, 1.165) is 12.1 Å². The second-order valence-corrected chi connectivity index (χ2v) is 7.75. The van der Waals surface area contributed by atoms with Gasteiger partial charge in [0.25, 0.3) is 0 Å². The van der Waals surface area contributed by atoms with Gasteiger partial charge in [0.2, 0.25) is 15.9 Å². The van der Waals surface area contributed by atoms with Crippen LogP contribution < -0.4 is 9.62 Å². The maximum Gasteiger partial charge on any atom is 0.416 e. The summed E-state index contributed by atoms with van der Waals surface area (Å²) in [6, 6.07) is 4.33. The highest BCUT2D eigenvalue weighted by molar-refractivity contribution is 7.93. The van der Waals surface area contributed by atoms with Crippen LogP contribution in [-0.2, 0) is 21.0 Å². The van der Waals surface area contributed by atoms with E-state index in [9.17, 15) is 26.4 Å². The Kier molecular flexibility index (Phi) is 4.24. The molecular weight excluding hydrogens is 357 g/mol. The summed E-state index contributed by atoms with van der Waals surface area (Å²) in [4.78, 5) is 13.9. The number of sulfonamides is 1. The minimum Gasteiger partial charge on any atom is -0.285 e. The Morgan fingerprint density at radius 1 is 1.12 bits per heavy atom. The fourth-order valence-corrected chi connectivity index (χ4v) is 3.96. The van der Waals surface area contributed by atoms with Gasteiger partial charge in [0.1, 0.15) is 0 Å². The molecule has 0 aromatic heterocycles. The van der Waals surface area contributed by atoms with E-state index in [-0.39, 0.29) is 29.6 Å². The third-order valence-electron chi connectivity index (χ3n) is 4.30. The van der Waals surface area contributed by atoms with Crippen molar-refractivity contribution in [2.24, 2.45) is 5.92 Å². The van der Waals surface area contributed by atoms with Crippen molar-refractivity contribution in [2.75, 3.05) is 11.9 Å². The van der Waals surface area contributed by atoms with Crippen LogP contribution >= 0.6 is 0 Å². The van der Waals surface area contributed by atoms with Crippen LogP contribution in [0.5, 0.6) is 0 Å². The summed E-state index contributed by atoms with van der Waals surface area (Å²) in [6.45, 7) is 0. The van der Waals surface area contributed by atoms with Gasteiger partial charge in [-0.05, 0) is 49.9 Å². The third-order valence-corrected chi connectivity index (χ3v) is 5.83. The second kappa shape index (κ2) is 5.99. The van der Waals surface area contributed by atoms with Gasteiger partial charge in [0.05, 0.1) is 10.5 Å². The van der Waals surface area contributed by atoms with Crippen molar-refractivity contribution >= 4 is 21.6 Å². The number of rotatable bonds is 3. The number of allylic oxidation sites excluding steroid dienone is 4. The van der Waals surface area contributed by atoms with Gasteiger partial charge >= 0.3 is 6.18 Å². The number of carbonyl (C=O) groups excluding carboxylic acids is 1. The topological polar surface area (TPSA) is 66.5 Å². The fourth-order valence-electron chi connectivity index (χ4n) is 3.03. The molecule has 2 aliphatic rings. The average Bonchev–Trinajstić information content (AvgIpc) is 2.89. The highest BCUT2D eigenvalue weighted by Crippen LogP contribution is 2.41. The number of benzene rings is 1. The quantitative estimate of drug-likeness (QED) is 0.887. The van der Waals surface area contributed by atoms with Gasteiger partial charge in [0.15, 0.2) is 0 Å². The van der Waals surface area contributed by atoms with Crippen LogP contribution in [0.1, 0.15) is 18.4 Å². The van der Waals surface area contributed by atoms with Crippen molar-refractivity contribution in [3.8, 4) is 0 Å². The summed E-state index contributed by atoms with van der Waals surface area (Å²) in [5.74, 6) is -0.578. The van der Waals surface area contributed by atoms with Crippen LogP contribution in [0, 0.1) is 5.92 Å². The molecular formula is C16H15F3N2O3S. The molecule has 1 saturated heterocycles. The van der Waals surface area contributed by atoms with Gasteiger partial charge in [-0.2, -0.15) is 13.2 Å². The van der Waals surface area contributed by atoms with Crippen LogP contribution in [0.2, 0.25) is 0 Å². The molecule has 0 saturated carbocycles. The normalized spacial score (nSPS) is 21.0. The van der Waals surface area contributed by atoms with Crippen molar-refractivity contribution in [2.45, 2.75) is 19.0 Å². The molecule has 5 nitrogen and oxygen atoms in total. The summed E-state index contributed by atoms with van der Waals surface area (Å²) in [6.07, 6.45) is -1.19. The van der Waals surface area contributed by atoms with Crippen LogP contribution in [0.4, 0.5) is 18.9 Å². The standard InChI is InChI=1S/C16H15F3N2O3S/c1-20-25(23,24)13-6-7-14-10(8-13)9-15(22)21(14)12-4-2-11(3-5-12)16(17,18)19/h2-7,10,20H,8-9H2,1H3. The molecule has 0 spiro atoms. The summed E-state index contributed by atoms with van der Waals surface area (Å²) in [5, 5.41) is 0. The van der Waals surface area contributed by atoms with Crippen LogP contribution in [0.15, 0.2) is 47.0 Å². The lowest BCUT2D eigenvalue weighted by molar-refractivity contribution is -0.137. The van der Waals surface area contributed by atoms with E-state index in [0.29, 0.717) is 11.4 Å². The average molecular weight is 372 g/mol. The van der Waals surface area contributed by atoms with Crippen LogP contribution in [0.3, 0.4) is 0 Å². The van der Waals surface area contributed by atoms with E-state index >= 15 is 0 Å². The molecule has 1 amide bonds. The monoisotopic (exact) mass is 372 g/mol. The minimum atomic E-state index is -4.45. The number of nitrogens with zero attached hydrogens (tertiary/aromatic N) is 1. The molecule has 1 aromatic carbocycles. The van der Waals surface area contributed by atoms with Crippen molar-refractivity contribution in [1.82, 2.24) is 4.72 Å². The molecule has 3 rings (SSSR count). The zero-order valence-electron chi connectivity index (χ0n) is 13.2. The van der Waals surface area contributed by atoms with Gasteiger partial charge < -0.3 is 0 Å². The molecule has 9 heteroatoms. The lowest BCUT2D eigenvalue weighted by Crippen LogP contribution is -2.26. The fraction of sp³-hybridized carbons (Fsp3) is 0.312. The van der Waals surface area contributed by atoms with Crippen LogP contribution in [-0.4, -0.2) is 21.4 Å². The molecule has 1 unspecified atom stereocenters. The summed E-state index contributed by atoms with van der Waals surface area (Å²) in [7, 11) is -2.26. The van der Waals surface area contributed by atoms with Crippen LogP contribution in [0.25, 0.3) is 0 Å². The molecule has 0 bridgehead atoms. The van der Waals surface area contributed by atoms with Gasteiger partial charge in [-0.3, -0.25) is 9.69 Å². The summed E-state index contributed by atoms with van der Waals surface area (Å²) in [5.41, 5.74) is 0.138. The highest BCUT2D eigenvalue weighted by Gasteiger charge is 2.39. The van der Waals surface area contributed by atoms with E-state index < -0.39 is 21.8 Å². The van der Waals surface area contributed by atoms with Gasteiger partial charge in [-0.15, -0.1) is 0 Å². The van der Waals surface area contributed by atoms with Crippen molar-refractivity contribution in [1.29, 1.82) is 0 Å². The van der Waals surface area contributed by atoms with Crippen molar-refractivity contribution in [3.05, 3.63) is 52.6 Å². The predicted molar refractivity (Wildman–Crippen MR) is 85.8 cm³/mol. The molecule has 1 fully saturated rings. The first-order chi connectivity index (χ1) is 11.6. The predicted octanol–water partition coefficient (Wildman–Crippen LogP) is 2.78. The molecule has 0 radical (unpaired) electrons.